The van der Waals surface area contributed by atoms with E-state index >= 15 is 0 Å². The van der Waals surface area contributed by atoms with Crippen LogP contribution >= 0.6 is 15.9 Å². The number of pyridine rings is 1. The van der Waals surface area contributed by atoms with Crippen molar-refractivity contribution in [2.75, 3.05) is 5.32 Å². The number of anilines is 1. The van der Waals surface area contributed by atoms with Crippen LogP contribution in [0.25, 0.3) is 5.65 Å². The highest BCUT2D eigenvalue weighted by Crippen LogP contribution is 2.18. The van der Waals surface area contributed by atoms with E-state index in [1.54, 1.807) is 12.4 Å². The van der Waals surface area contributed by atoms with E-state index in [2.05, 4.69) is 36.2 Å². The van der Waals surface area contributed by atoms with Gasteiger partial charge in [-0.15, -0.1) is 0 Å². The number of hydrogen-bond donors (Lipinski definition) is 1. The molecule has 0 aliphatic rings. The van der Waals surface area contributed by atoms with Crippen molar-refractivity contribution >= 4 is 27.4 Å². The summed E-state index contributed by atoms with van der Waals surface area (Å²) >= 11 is 3.40. The molecule has 96 valence electrons. The summed E-state index contributed by atoms with van der Waals surface area (Å²) in [6, 6.07) is 2.00. The maximum atomic E-state index is 4.42. The number of nitrogens with one attached hydrogen (secondary N) is 1. The predicted octanol–water partition coefficient (Wildman–Crippen LogP) is 2.81. The minimum atomic E-state index is 0.695. The fraction of sp³-hybridized carbons (Fsp3) is 0.154. The third-order valence-corrected chi connectivity index (χ3v) is 3.31. The first-order valence-corrected chi connectivity index (χ1v) is 6.66. The summed E-state index contributed by atoms with van der Waals surface area (Å²) in [4.78, 5) is 12.8. The Morgan fingerprint density at radius 2 is 2.26 bits per heavy atom. The maximum absolute atomic E-state index is 4.42. The summed E-state index contributed by atoms with van der Waals surface area (Å²) in [5, 5.41) is 3.32. The van der Waals surface area contributed by atoms with Crippen molar-refractivity contribution in [3.8, 4) is 0 Å². The monoisotopic (exact) mass is 317 g/mol. The zero-order valence-corrected chi connectivity index (χ0v) is 11.9. The Labute approximate surface area is 118 Å². The molecule has 0 unspecified atom stereocenters. The molecule has 3 rings (SSSR count). The Balaban J connectivity index is 1.90. The van der Waals surface area contributed by atoms with Gasteiger partial charge in [-0.05, 0) is 40.0 Å². The molecular formula is C13H12BrN5. The second-order valence-electron chi connectivity index (χ2n) is 4.23. The third-order valence-electron chi connectivity index (χ3n) is 2.93. The van der Waals surface area contributed by atoms with E-state index in [0.717, 1.165) is 21.6 Å². The molecule has 0 aliphatic carbocycles. The van der Waals surface area contributed by atoms with Crippen LogP contribution in [0.3, 0.4) is 0 Å². The van der Waals surface area contributed by atoms with Gasteiger partial charge in [0.15, 0.2) is 11.5 Å². The van der Waals surface area contributed by atoms with E-state index in [0.29, 0.717) is 6.54 Å². The molecule has 19 heavy (non-hydrogen) atoms. The Hall–Kier alpha value is -1.95. The first-order chi connectivity index (χ1) is 9.24. The Bertz CT molecular complexity index is 722. The van der Waals surface area contributed by atoms with Crippen LogP contribution in [0.1, 0.15) is 11.1 Å². The summed E-state index contributed by atoms with van der Waals surface area (Å²) in [6.07, 6.45) is 9.18. The summed E-state index contributed by atoms with van der Waals surface area (Å²) in [6.45, 7) is 2.74. The summed E-state index contributed by atoms with van der Waals surface area (Å²) < 4.78 is 2.70. The van der Waals surface area contributed by atoms with Crippen molar-refractivity contribution in [1.29, 1.82) is 0 Å². The lowest BCUT2D eigenvalue weighted by Crippen LogP contribution is -2.05. The number of aryl methyl sites for hydroxylation is 1. The van der Waals surface area contributed by atoms with Gasteiger partial charge in [-0.25, -0.2) is 9.97 Å². The van der Waals surface area contributed by atoms with Gasteiger partial charge >= 0.3 is 0 Å². The minimum Gasteiger partial charge on any atom is -0.363 e. The van der Waals surface area contributed by atoms with Crippen molar-refractivity contribution in [3.05, 3.63) is 52.8 Å². The first kappa shape index (κ1) is 12.1. The molecule has 0 atom stereocenters. The third kappa shape index (κ3) is 2.44. The SMILES string of the molecule is Cc1cnccc1CNc1nc(Br)cn2ccnc12. The molecule has 3 aromatic rings. The van der Waals surface area contributed by atoms with Crippen molar-refractivity contribution in [2.45, 2.75) is 13.5 Å². The molecule has 0 radical (unpaired) electrons. The lowest BCUT2D eigenvalue weighted by molar-refractivity contribution is 1.04. The molecule has 6 heteroatoms. The van der Waals surface area contributed by atoms with Gasteiger partial charge in [0.1, 0.15) is 4.60 Å². The number of aromatic nitrogens is 4. The maximum Gasteiger partial charge on any atom is 0.180 e. The number of halogens is 1. The highest BCUT2D eigenvalue weighted by molar-refractivity contribution is 9.10. The number of imidazole rings is 1. The number of nitrogens with zero attached hydrogens (tertiary/aromatic N) is 4. The molecule has 0 aromatic carbocycles. The number of rotatable bonds is 3. The standard InChI is InChI=1S/C13H12BrN5/c1-9-6-15-3-2-10(9)7-17-12-13-16-4-5-19(13)8-11(14)18-12/h2-6,8H,7H2,1H3,(H,17,18). The smallest absolute Gasteiger partial charge is 0.180 e. The Kier molecular flexibility index (Phi) is 3.16. The molecule has 0 saturated heterocycles. The molecule has 3 aromatic heterocycles. The van der Waals surface area contributed by atoms with Crippen LogP contribution < -0.4 is 5.32 Å². The molecule has 0 aliphatic heterocycles. The Morgan fingerprint density at radius 3 is 3.11 bits per heavy atom. The topological polar surface area (TPSA) is 55.1 Å². The summed E-state index contributed by atoms with van der Waals surface area (Å²) in [7, 11) is 0. The van der Waals surface area contributed by atoms with Gasteiger partial charge in [-0.3, -0.25) is 4.98 Å². The number of hydrogen-bond acceptors (Lipinski definition) is 4. The van der Waals surface area contributed by atoms with Gasteiger partial charge in [0.2, 0.25) is 0 Å². The molecular weight excluding hydrogens is 306 g/mol. The van der Waals surface area contributed by atoms with E-state index in [-0.39, 0.29) is 0 Å². The van der Waals surface area contributed by atoms with Crippen LogP contribution in [0.15, 0.2) is 41.7 Å². The molecule has 0 amide bonds. The van der Waals surface area contributed by atoms with Crippen molar-refractivity contribution in [1.82, 2.24) is 19.4 Å². The average molecular weight is 318 g/mol. The normalized spacial score (nSPS) is 10.8. The number of fused-ring (bicyclic) bond motifs is 1. The summed E-state index contributed by atoms with van der Waals surface area (Å²) in [5.74, 6) is 0.760. The zero-order chi connectivity index (χ0) is 13.2. The molecule has 1 N–H and O–H groups in total. The lowest BCUT2D eigenvalue weighted by Gasteiger charge is -2.09. The predicted molar refractivity (Wildman–Crippen MR) is 77.0 cm³/mol. The first-order valence-electron chi connectivity index (χ1n) is 5.86. The van der Waals surface area contributed by atoms with Crippen molar-refractivity contribution in [3.63, 3.8) is 0 Å². The van der Waals surface area contributed by atoms with E-state index in [1.807, 2.05) is 36.0 Å². The molecule has 0 spiro atoms. The zero-order valence-electron chi connectivity index (χ0n) is 10.3. The molecule has 0 saturated carbocycles. The van der Waals surface area contributed by atoms with E-state index in [1.165, 1.54) is 5.56 Å². The van der Waals surface area contributed by atoms with Crippen LogP contribution in [0.4, 0.5) is 5.82 Å². The molecule has 3 heterocycles. The van der Waals surface area contributed by atoms with Crippen LogP contribution in [-0.4, -0.2) is 19.4 Å². The fourth-order valence-corrected chi connectivity index (χ4v) is 2.30. The summed E-state index contributed by atoms with van der Waals surface area (Å²) in [5.41, 5.74) is 3.17. The van der Waals surface area contributed by atoms with E-state index in [9.17, 15) is 0 Å². The minimum absolute atomic E-state index is 0.695. The average Bonchev–Trinajstić information content (AvgIpc) is 2.85. The second-order valence-corrected chi connectivity index (χ2v) is 5.04. The van der Waals surface area contributed by atoms with Gasteiger partial charge in [0, 0.05) is 37.5 Å². The van der Waals surface area contributed by atoms with Gasteiger partial charge in [0.25, 0.3) is 0 Å². The van der Waals surface area contributed by atoms with Gasteiger partial charge in [0.05, 0.1) is 0 Å². The van der Waals surface area contributed by atoms with Gasteiger partial charge in [-0.2, -0.15) is 0 Å². The second kappa shape index (κ2) is 4.97. The van der Waals surface area contributed by atoms with Crippen LogP contribution in [0, 0.1) is 6.92 Å². The quantitative estimate of drug-likeness (QED) is 0.807. The highest BCUT2D eigenvalue weighted by Gasteiger charge is 2.06. The molecule has 0 fully saturated rings. The van der Waals surface area contributed by atoms with Crippen molar-refractivity contribution in [2.24, 2.45) is 0 Å². The largest absolute Gasteiger partial charge is 0.363 e. The fourth-order valence-electron chi connectivity index (χ4n) is 1.90. The molecule has 5 nitrogen and oxygen atoms in total. The van der Waals surface area contributed by atoms with Crippen molar-refractivity contribution < 1.29 is 0 Å². The van der Waals surface area contributed by atoms with Crippen LogP contribution in [-0.2, 0) is 6.54 Å². The van der Waals surface area contributed by atoms with Crippen LogP contribution in [0.2, 0.25) is 0 Å². The van der Waals surface area contributed by atoms with E-state index in [4.69, 9.17) is 0 Å². The highest BCUT2D eigenvalue weighted by atomic mass is 79.9. The van der Waals surface area contributed by atoms with Gasteiger partial charge < -0.3 is 9.72 Å². The van der Waals surface area contributed by atoms with E-state index < -0.39 is 0 Å². The van der Waals surface area contributed by atoms with Gasteiger partial charge in [-0.1, -0.05) is 0 Å². The lowest BCUT2D eigenvalue weighted by atomic mass is 10.1. The Morgan fingerprint density at radius 1 is 1.37 bits per heavy atom. The molecule has 0 bridgehead atoms. The van der Waals surface area contributed by atoms with Crippen LogP contribution in [0.5, 0.6) is 0 Å².